The highest BCUT2D eigenvalue weighted by atomic mass is 32.1. The highest BCUT2D eigenvalue weighted by Crippen LogP contribution is 2.46. The lowest BCUT2D eigenvalue weighted by atomic mass is 10.1. The number of aromatic nitrogens is 2. The number of rotatable bonds is 3. The molecule has 4 heteroatoms. The van der Waals surface area contributed by atoms with Gasteiger partial charge < -0.3 is 5.32 Å². The fraction of sp³-hybridized carbons (Fsp3) is 0.778. The van der Waals surface area contributed by atoms with Crippen LogP contribution in [0.3, 0.4) is 0 Å². The van der Waals surface area contributed by atoms with Gasteiger partial charge in [-0.1, -0.05) is 6.92 Å². The minimum atomic E-state index is 0.299. The molecule has 1 heterocycles. The van der Waals surface area contributed by atoms with Crippen molar-refractivity contribution in [2.45, 2.75) is 45.1 Å². The first kappa shape index (κ1) is 8.94. The van der Waals surface area contributed by atoms with Gasteiger partial charge in [-0.25, -0.2) is 4.98 Å². The molecule has 2 rings (SSSR count). The molecule has 72 valence electrons. The summed E-state index contributed by atoms with van der Waals surface area (Å²) >= 11 is 1.47. The van der Waals surface area contributed by atoms with Gasteiger partial charge in [0.2, 0.25) is 5.13 Å². The van der Waals surface area contributed by atoms with E-state index in [2.05, 4.69) is 35.4 Å². The Hall–Kier alpha value is -0.640. The van der Waals surface area contributed by atoms with Gasteiger partial charge in [0.05, 0.1) is 0 Å². The summed E-state index contributed by atoms with van der Waals surface area (Å²) in [5.74, 6) is 1.03. The zero-order chi connectivity index (χ0) is 9.47. The Labute approximate surface area is 82.8 Å². The molecular formula is C9H15N3S. The van der Waals surface area contributed by atoms with Crippen molar-refractivity contribution in [1.29, 1.82) is 0 Å². The van der Waals surface area contributed by atoms with Crippen LogP contribution in [0.5, 0.6) is 0 Å². The number of hydrogen-bond donors (Lipinski definition) is 1. The lowest BCUT2D eigenvalue weighted by Crippen LogP contribution is -2.10. The summed E-state index contributed by atoms with van der Waals surface area (Å²) in [6.07, 6.45) is 2.48. The van der Waals surface area contributed by atoms with Crippen LogP contribution in [0.1, 0.15) is 39.4 Å². The Kier molecular flexibility index (Phi) is 2.02. The monoisotopic (exact) mass is 197 g/mol. The van der Waals surface area contributed by atoms with Gasteiger partial charge in [0.1, 0.15) is 0 Å². The molecule has 1 saturated carbocycles. The van der Waals surface area contributed by atoms with Crippen LogP contribution in [0.2, 0.25) is 0 Å². The topological polar surface area (TPSA) is 37.8 Å². The average Bonchev–Trinajstić information content (AvgIpc) is 2.62. The van der Waals surface area contributed by atoms with Crippen molar-refractivity contribution in [1.82, 2.24) is 9.36 Å². The number of anilines is 1. The van der Waals surface area contributed by atoms with Crippen LogP contribution in [0.15, 0.2) is 0 Å². The van der Waals surface area contributed by atoms with E-state index in [1.165, 1.54) is 24.4 Å². The van der Waals surface area contributed by atoms with E-state index in [9.17, 15) is 0 Å². The van der Waals surface area contributed by atoms with Crippen molar-refractivity contribution in [2.75, 3.05) is 5.32 Å². The van der Waals surface area contributed by atoms with Gasteiger partial charge >= 0.3 is 0 Å². The molecule has 1 aliphatic carbocycles. The molecule has 0 unspecified atom stereocenters. The lowest BCUT2D eigenvalue weighted by Gasteiger charge is -2.04. The molecule has 0 bridgehead atoms. The molecule has 0 atom stereocenters. The van der Waals surface area contributed by atoms with Gasteiger partial charge in [-0.15, -0.1) is 0 Å². The zero-order valence-electron chi connectivity index (χ0n) is 8.29. The Morgan fingerprint density at radius 1 is 1.46 bits per heavy atom. The molecule has 0 saturated heterocycles. The summed E-state index contributed by atoms with van der Waals surface area (Å²) in [6, 6.07) is 0.438. The SMILES string of the molecule is CC(C)Nc1nc(C2(C)CC2)ns1. The maximum atomic E-state index is 4.48. The molecule has 13 heavy (non-hydrogen) atoms. The lowest BCUT2D eigenvalue weighted by molar-refractivity contribution is 0.727. The van der Waals surface area contributed by atoms with Gasteiger partial charge in [-0.2, -0.15) is 4.37 Å². The quantitative estimate of drug-likeness (QED) is 0.808. The standard InChI is InChI=1S/C9H15N3S/c1-6(2)10-8-11-7(12-13-8)9(3)4-5-9/h6H,4-5H2,1-3H3,(H,10,11,12). The van der Waals surface area contributed by atoms with Crippen LogP contribution in [0, 0.1) is 0 Å². The largest absolute Gasteiger partial charge is 0.358 e. The van der Waals surface area contributed by atoms with E-state index in [-0.39, 0.29) is 0 Å². The first-order valence-corrected chi connectivity index (χ1v) is 5.48. The Morgan fingerprint density at radius 2 is 2.15 bits per heavy atom. The van der Waals surface area contributed by atoms with Crippen molar-refractivity contribution in [3.63, 3.8) is 0 Å². The van der Waals surface area contributed by atoms with E-state index in [4.69, 9.17) is 0 Å². The highest BCUT2D eigenvalue weighted by Gasteiger charge is 2.42. The Morgan fingerprint density at radius 3 is 2.69 bits per heavy atom. The van der Waals surface area contributed by atoms with E-state index in [0.29, 0.717) is 11.5 Å². The molecule has 1 aromatic heterocycles. The fourth-order valence-electron chi connectivity index (χ4n) is 1.19. The van der Waals surface area contributed by atoms with Crippen LogP contribution in [-0.2, 0) is 5.41 Å². The average molecular weight is 197 g/mol. The first-order chi connectivity index (χ1) is 6.10. The van der Waals surface area contributed by atoms with Crippen molar-refractivity contribution in [2.24, 2.45) is 0 Å². The van der Waals surface area contributed by atoms with Crippen molar-refractivity contribution in [3.05, 3.63) is 5.82 Å². The van der Waals surface area contributed by atoms with Crippen LogP contribution >= 0.6 is 11.5 Å². The van der Waals surface area contributed by atoms with Crippen LogP contribution in [0.4, 0.5) is 5.13 Å². The summed E-state index contributed by atoms with van der Waals surface area (Å²) in [5.41, 5.74) is 0.299. The summed E-state index contributed by atoms with van der Waals surface area (Å²) < 4.78 is 4.37. The Bertz CT molecular complexity index is 302. The minimum Gasteiger partial charge on any atom is -0.358 e. The third-order valence-electron chi connectivity index (χ3n) is 2.38. The zero-order valence-corrected chi connectivity index (χ0v) is 9.11. The smallest absolute Gasteiger partial charge is 0.202 e. The molecule has 1 fully saturated rings. The number of hydrogen-bond acceptors (Lipinski definition) is 4. The molecule has 0 radical (unpaired) electrons. The maximum absolute atomic E-state index is 4.48. The van der Waals surface area contributed by atoms with Gasteiger partial charge in [0.15, 0.2) is 5.82 Å². The van der Waals surface area contributed by atoms with E-state index < -0.39 is 0 Å². The normalized spacial score (nSPS) is 19.1. The molecule has 0 aromatic carbocycles. The number of nitrogens with one attached hydrogen (secondary N) is 1. The van der Waals surface area contributed by atoms with Crippen molar-refractivity contribution in [3.8, 4) is 0 Å². The third kappa shape index (κ3) is 1.82. The molecular weight excluding hydrogens is 182 g/mol. The van der Waals surface area contributed by atoms with E-state index in [1.54, 1.807) is 0 Å². The molecule has 0 amide bonds. The second-order valence-electron chi connectivity index (χ2n) is 4.28. The molecule has 0 aliphatic heterocycles. The second-order valence-corrected chi connectivity index (χ2v) is 5.03. The maximum Gasteiger partial charge on any atom is 0.202 e. The van der Waals surface area contributed by atoms with Crippen molar-refractivity contribution < 1.29 is 0 Å². The molecule has 1 aliphatic rings. The predicted octanol–water partition coefficient (Wildman–Crippen LogP) is 2.41. The first-order valence-electron chi connectivity index (χ1n) is 4.71. The summed E-state index contributed by atoms with van der Waals surface area (Å²) in [4.78, 5) is 4.48. The van der Waals surface area contributed by atoms with Crippen molar-refractivity contribution >= 4 is 16.7 Å². The van der Waals surface area contributed by atoms with Crippen LogP contribution < -0.4 is 5.32 Å². The number of nitrogens with zero attached hydrogens (tertiary/aromatic N) is 2. The van der Waals surface area contributed by atoms with Gasteiger partial charge in [-0.3, -0.25) is 0 Å². The Balaban J connectivity index is 2.09. The third-order valence-corrected chi connectivity index (χ3v) is 3.02. The molecule has 3 nitrogen and oxygen atoms in total. The summed E-state index contributed by atoms with van der Waals surface area (Å²) in [6.45, 7) is 6.45. The van der Waals surface area contributed by atoms with Gasteiger partial charge in [0, 0.05) is 23.0 Å². The van der Waals surface area contributed by atoms with Gasteiger partial charge in [-0.05, 0) is 26.7 Å². The minimum absolute atomic E-state index is 0.299. The molecule has 1 aromatic rings. The fourth-order valence-corrected chi connectivity index (χ4v) is 2.04. The molecule has 1 N–H and O–H groups in total. The molecule has 0 spiro atoms. The van der Waals surface area contributed by atoms with Crippen LogP contribution in [0.25, 0.3) is 0 Å². The predicted molar refractivity (Wildman–Crippen MR) is 55.3 cm³/mol. The highest BCUT2D eigenvalue weighted by molar-refractivity contribution is 7.09. The van der Waals surface area contributed by atoms with E-state index >= 15 is 0 Å². The summed E-state index contributed by atoms with van der Waals surface area (Å²) in [7, 11) is 0. The second kappa shape index (κ2) is 2.94. The van der Waals surface area contributed by atoms with Gasteiger partial charge in [0.25, 0.3) is 0 Å². The van der Waals surface area contributed by atoms with E-state index in [0.717, 1.165) is 11.0 Å². The van der Waals surface area contributed by atoms with E-state index in [1.807, 2.05) is 0 Å². The summed E-state index contributed by atoms with van der Waals surface area (Å²) in [5, 5.41) is 4.23. The van der Waals surface area contributed by atoms with Crippen LogP contribution in [-0.4, -0.2) is 15.4 Å².